The zero-order valence-electron chi connectivity index (χ0n) is 9.00. The highest BCUT2D eigenvalue weighted by atomic mass is 79.9. The number of hydrogen-bond acceptors (Lipinski definition) is 2. The minimum atomic E-state index is 0.634. The normalized spacial score (nSPS) is 23.7. The first-order chi connectivity index (χ1) is 7.30. The van der Waals surface area contributed by atoms with E-state index in [0.717, 1.165) is 22.7 Å². The van der Waals surface area contributed by atoms with E-state index in [1.54, 1.807) is 14.2 Å². The summed E-state index contributed by atoms with van der Waals surface area (Å²) in [4.78, 5) is 0. The van der Waals surface area contributed by atoms with Crippen molar-refractivity contribution < 1.29 is 9.47 Å². The Balaban J connectivity index is 2.27. The Morgan fingerprint density at radius 2 is 2.13 bits per heavy atom. The lowest BCUT2D eigenvalue weighted by Crippen LogP contribution is -1.93. The van der Waals surface area contributed by atoms with Gasteiger partial charge in [-0.1, -0.05) is 15.9 Å². The van der Waals surface area contributed by atoms with Crippen molar-refractivity contribution in [2.24, 2.45) is 5.92 Å². The van der Waals surface area contributed by atoms with Crippen LogP contribution in [-0.4, -0.2) is 19.5 Å². The molecule has 1 fully saturated rings. The number of benzene rings is 1. The van der Waals surface area contributed by atoms with Crippen molar-refractivity contribution >= 4 is 15.9 Å². The van der Waals surface area contributed by atoms with E-state index in [-0.39, 0.29) is 0 Å². The van der Waals surface area contributed by atoms with Gasteiger partial charge in [-0.15, -0.1) is 0 Å². The maximum absolute atomic E-state index is 5.37. The summed E-state index contributed by atoms with van der Waals surface area (Å²) in [5, 5.41) is 1.07. The van der Waals surface area contributed by atoms with Gasteiger partial charge in [0, 0.05) is 10.9 Å². The van der Waals surface area contributed by atoms with E-state index < -0.39 is 0 Å². The lowest BCUT2D eigenvalue weighted by molar-refractivity contribution is 0.398. The second-order valence-corrected chi connectivity index (χ2v) is 4.51. The molecule has 0 aliphatic heterocycles. The lowest BCUT2D eigenvalue weighted by atomic mass is 10.1. The first-order valence-electron chi connectivity index (χ1n) is 5.08. The molecule has 0 bridgehead atoms. The molecular formula is C12H15BrO2. The largest absolute Gasteiger partial charge is 0.497 e. The fourth-order valence-electron chi connectivity index (χ4n) is 1.93. The van der Waals surface area contributed by atoms with Crippen LogP contribution in [-0.2, 0) is 0 Å². The molecule has 0 saturated heterocycles. The van der Waals surface area contributed by atoms with Gasteiger partial charge < -0.3 is 9.47 Å². The summed E-state index contributed by atoms with van der Waals surface area (Å²) in [5.41, 5.74) is 1.28. The molecule has 1 aliphatic carbocycles. The van der Waals surface area contributed by atoms with Crippen molar-refractivity contribution in [3.05, 3.63) is 23.8 Å². The number of alkyl halides is 1. The Hall–Kier alpha value is -0.700. The van der Waals surface area contributed by atoms with Gasteiger partial charge in [0.05, 0.1) is 14.2 Å². The molecule has 2 atom stereocenters. The summed E-state index contributed by atoms with van der Waals surface area (Å²) in [7, 11) is 3.41. The Labute approximate surface area is 98.7 Å². The number of methoxy groups -OCH3 is 2. The van der Waals surface area contributed by atoms with Crippen molar-refractivity contribution in [2.75, 3.05) is 19.5 Å². The molecule has 3 heteroatoms. The third-order valence-corrected chi connectivity index (χ3v) is 3.79. The van der Waals surface area contributed by atoms with Crippen molar-refractivity contribution in [2.45, 2.75) is 12.3 Å². The first kappa shape index (κ1) is 10.8. The van der Waals surface area contributed by atoms with E-state index in [4.69, 9.17) is 9.47 Å². The van der Waals surface area contributed by atoms with Gasteiger partial charge in [-0.3, -0.25) is 0 Å². The van der Waals surface area contributed by atoms with Crippen LogP contribution in [0.4, 0.5) is 0 Å². The molecule has 2 unspecified atom stereocenters. The minimum absolute atomic E-state index is 0.634. The van der Waals surface area contributed by atoms with Gasteiger partial charge in [0.2, 0.25) is 0 Å². The number of rotatable bonds is 4. The highest BCUT2D eigenvalue weighted by Crippen LogP contribution is 2.51. The van der Waals surface area contributed by atoms with Crippen molar-refractivity contribution in [1.82, 2.24) is 0 Å². The molecule has 2 rings (SSSR count). The maximum atomic E-state index is 5.37. The van der Waals surface area contributed by atoms with E-state index in [9.17, 15) is 0 Å². The highest BCUT2D eigenvalue weighted by molar-refractivity contribution is 9.09. The monoisotopic (exact) mass is 270 g/mol. The molecule has 0 N–H and O–H groups in total. The molecule has 1 saturated carbocycles. The second kappa shape index (κ2) is 4.44. The summed E-state index contributed by atoms with van der Waals surface area (Å²) >= 11 is 3.52. The van der Waals surface area contributed by atoms with E-state index in [0.29, 0.717) is 5.92 Å². The average molecular weight is 271 g/mol. The third kappa shape index (κ3) is 2.12. The van der Waals surface area contributed by atoms with Crippen molar-refractivity contribution in [3.8, 4) is 11.5 Å². The maximum Gasteiger partial charge on any atom is 0.122 e. The predicted molar refractivity (Wildman–Crippen MR) is 64.2 cm³/mol. The van der Waals surface area contributed by atoms with Gasteiger partial charge >= 0.3 is 0 Å². The van der Waals surface area contributed by atoms with E-state index >= 15 is 0 Å². The summed E-state index contributed by atoms with van der Waals surface area (Å²) < 4.78 is 10.6. The first-order valence-corrected chi connectivity index (χ1v) is 6.20. The van der Waals surface area contributed by atoms with E-state index in [1.807, 2.05) is 12.1 Å². The SMILES string of the molecule is COc1ccc(OC)c(C2CC2CBr)c1. The molecular weight excluding hydrogens is 256 g/mol. The van der Waals surface area contributed by atoms with Crippen LogP contribution >= 0.6 is 15.9 Å². The summed E-state index contributed by atoms with van der Waals surface area (Å²) in [6.07, 6.45) is 1.24. The van der Waals surface area contributed by atoms with Gasteiger partial charge in [0.15, 0.2) is 0 Å². The number of ether oxygens (including phenoxy) is 2. The molecule has 2 nitrogen and oxygen atoms in total. The fraction of sp³-hybridized carbons (Fsp3) is 0.500. The average Bonchev–Trinajstić information content (AvgIpc) is 3.07. The Kier molecular flexibility index (Phi) is 3.19. The molecule has 0 heterocycles. The zero-order chi connectivity index (χ0) is 10.8. The molecule has 0 spiro atoms. The topological polar surface area (TPSA) is 18.5 Å². The van der Waals surface area contributed by atoms with Crippen LogP contribution in [0.2, 0.25) is 0 Å². The van der Waals surface area contributed by atoms with Gasteiger partial charge in [-0.2, -0.15) is 0 Å². The standard InChI is InChI=1S/C12H15BrO2/c1-14-9-3-4-12(15-2)11(6-9)10-5-8(10)7-13/h3-4,6,8,10H,5,7H2,1-2H3. The number of hydrogen-bond donors (Lipinski definition) is 0. The Bertz CT molecular complexity index is 351. The van der Waals surface area contributed by atoms with Crippen LogP contribution in [0.25, 0.3) is 0 Å². The zero-order valence-corrected chi connectivity index (χ0v) is 10.6. The highest BCUT2D eigenvalue weighted by Gasteiger charge is 2.39. The Morgan fingerprint density at radius 1 is 1.33 bits per heavy atom. The van der Waals surface area contributed by atoms with Gasteiger partial charge in [0.1, 0.15) is 11.5 Å². The van der Waals surface area contributed by atoms with E-state index in [2.05, 4.69) is 22.0 Å². The molecule has 0 aromatic heterocycles. The quantitative estimate of drug-likeness (QED) is 0.783. The summed E-state index contributed by atoms with van der Waals surface area (Å²) in [5.74, 6) is 3.27. The molecule has 0 amide bonds. The van der Waals surface area contributed by atoms with Gasteiger partial charge in [-0.25, -0.2) is 0 Å². The van der Waals surface area contributed by atoms with Crippen LogP contribution in [0.5, 0.6) is 11.5 Å². The molecule has 1 aliphatic rings. The summed E-state index contributed by atoms with van der Waals surface area (Å²) in [6, 6.07) is 6.01. The molecule has 1 aromatic rings. The number of halogens is 1. The minimum Gasteiger partial charge on any atom is -0.497 e. The molecule has 15 heavy (non-hydrogen) atoms. The Morgan fingerprint density at radius 3 is 2.67 bits per heavy atom. The molecule has 0 radical (unpaired) electrons. The van der Waals surface area contributed by atoms with Crippen LogP contribution < -0.4 is 9.47 Å². The lowest BCUT2D eigenvalue weighted by Gasteiger charge is -2.09. The van der Waals surface area contributed by atoms with Crippen LogP contribution in [0.3, 0.4) is 0 Å². The summed E-state index contributed by atoms with van der Waals surface area (Å²) in [6.45, 7) is 0. The van der Waals surface area contributed by atoms with Crippen LogP contribution in [0.15, 0.2) is 18.2 Å². The van der Waals surface area contributed by atoms with Crippen LogP contribution in [0.1, 0.15) is 17.9 Å². The molecule has 1 aromatic carbocycles. The van der Waals surface area contributed by atoms with E-state index in [1.165, 1.54) is 12.0 Å². The second-order valence-electron chi connectivity index (χ2n) is 3.86. The predicted octanol–water partition coefficient (Wildman–Crippen LogP) is 3.20. The molecule has 82 valence electrons. The van der Waals surface area contributed by atoms with Gasteiger partial charge in [0.25, 0.3) is 0 Å². The van der Waals surface area contributed by atoms with Crippen molar-refractivity contribution in [3.63, 3.8) is 0 Å². The van der Waals surface area contributed by atoms with Crippen molar-refractivity contribution in [1.29, 1.82) is 0 Å². The van der Waals surface area contributed by atoms with Gasteiger partial charge in [-0.05, 0) is 36.5 Å². The smallest absolute Gasteiger partial charge is 0.122 e. The fourth-order valence-corrected chi connectivity index (χ4v) is 2.64. The van der Waals surface area contributed by atoms with Crippen LogP contribution in [0, 0.1) is 5.92 Å². The third-order valence-electron chi connectivity index (χ3n) is 2.96.